The number of fused-ring (bicyclic) bond motifs is 1. The van der Waals surface area contributed by atoms with Gasteiger partial charge < -0.3 is 15.2 Å². The second kappa shape index (κ2) is 9.74. The minimum absolute atomic E-state index is 0. The standard InChI is InChI=1S/C21H27F3N6.HI/c1-2-25-19(26-13-18-29-28-17-8-4-11-30(17)18)27-14-20(9-5-10-20)15-6-3-7-16(12-15)21(22,23)24;/h3,6-7,12H,2,4-5,8-11,13-14H2,1H3,(H2,25,26,27);1H. The molecule has 1 aliphatic heterocycles. The highest BCUT2D eigenvalue weighted by Gasteiger charge is 2.40. The molecule has 1 aromatic carbocycles. The van der Waals surface area contributed by atoms with Gasteiger partial charge in [-0.15, -0.1) is 34.2 Å². The Morgan fingerprint density at radius 2 is 2.00 bits per heavy atom. The van der Waals surface area contributed by atoms with Crippen LogP contribution in [0, 0.1) is 0 Å². The number of hydrogen-bond acceptors (Lipinski definition) is 3. The third-order valence-corrected chi connectivity index (χ3v) is 6.12. The molecule has 2 aromatic rings. The molecule has 0 saturated heterocycles. The SMILES string of the molecule is CCNC(=NCc1nnc2n1CCC2)NCC1(c2cccc(C(F)(F)F)c2)CCC1.I. The number of halogens is 4. The number of aliphatic imine (C=N–C) groups is 1. The molecule has 2 aliphatic rings. The molecule has 10 heteroatoms. The van der Waals surface area contributed by atoms with Gasteiger partial charge in [-0.25, -0.2) is 4.99 Å². The Kier molecular flexibility index (Phi) is 7.48. The van der Waals surface area contributed by atoms with E-state index in [9.17, 15) is 13.2 Å². The number of rotatable bonds is 6. The molecule has 0 bridgehead atoms. The number of guanidine groups is 1. The molecule has 1 aromatic heterocycles. The summed E-state index contributed by atoms with van der Waals surface area (Å²) in [5.74, 6) is 2.50. The molecular weight excluding hydrogens is 520 g/mol. The van der Waals surface area contributed by atoms with E-state index in [1.165, 1.54) is 12.1 Å². The monoisotopic (exact) mass is 548 g/mol. The molecule has 2 heterocycles. The summed E-state index contributed by atoms with van der Waals surface area (Å²) in [6.07, 6.45) is 0.436. The highest BCUT2D eigenvalue weighted by Crippen LogP contribution is 2.44. The van der Waals surface area contributed by atoms with Gasteiger partial charge in [0.1, 0.15) is 12.4 Å². The summed E-state index contributed by atoms with van der Waals surface area (Å²) in [5.41, 5.74) is -0.150. The smallest absolute Gasteiger partial charge is 0.357 e. The van der Waals surface area contributed by atoms with Crippen molar-refractivity contribution in [3.05, 3.63) is 47.0 Å². The minimum atomic E-state index is -4.33. The number of aromatic nitrogens is 3. The molecule has 0 spiro atoms. The Morgan fingerprint density at radius 1 is 1.19 bits per heavy atom. The van der Waals surface area contributed by atoms with E-state index in [1.807, 2.05) is 6.92 Å². The molecule has 1 saturated carbocycles. The van der Waals surface area contributed by atoms with Crippen LogP contribution in [0.15, 0.2) is 29.3 Å². The molecule has 4 rings (SSSR count). The van der Waals surface area contributed by atoms with Crippen molar-refractivity contribution in [2.45, 2.75) is 63.7 Å². The first-order valence-corrected chi connectivity index (χ1v) is 10.5. The number of hydrogen-bond donors (Lipinski definition) is 2. The topological polar surface area (TPSA) is 67.1 Å². The highest BCUT2D eigenvalue weighted by molar-refractivity contribution is 14.0. The van der Waals surface area contributed by atoms with E-state index in [1.54, 1.807) is 6.07 Å². The van der Waals surface area contributed by atoms with Gasteiger partial charge in [-0.1, -0.05) is 24.6 Å². The van der Waals surface area contributed by atoms with E-state index in [-0.39, 0.29) is 29.4 Å². The summed E-state index contributed by atoms with van der Waals surface area (Å²) in [7, 11) is 0. The van der Waals surface area contributed by atoms with Crippen molar-refractivity contribution >= 4 is 29.9 Å². The summed E-state index contributed by atoms with van der Waals surface area (Å²) in [5, 5.41) is 15.0. The quantitative estimate of drug-likeness (QED) is 0.325. The average Bonchev–Trinajstić information content (AvgIpc) is 3.29. The van der Waals surface area contributed by atoms with Crippen molar-refractivity contribution in [3.63, 3.8) is 0 Å². The van der Waals surface area contributed by atoms with Crippen LogP contribution in [0.5, 0.6) is 0 Å². The lowest BCUT2D eigenvalue weighted by Gasteiger charge is -2.43. The van der Waals surface area contributed by atoms with E-state index in [2.05, 4.69) is 30.4 Å². The first-order valence-electron chi connectivity index (χ1n) is 10.5. The lowest BCUT2D eigenvalue weighted by atomic mass is 9.64. The number of nitrogens with one attached hydrogen (secondary N) is 2. The summed E-state index contributed by atoms with van der Waals surface area (Å²) < 4.78 is 41.6. The average molecular weight is 548 g/mol. The van der Waals surface area contributed by atoms with Gasteiger partial charge in [0, 0.05) is 31.5 Å². The maximum Gasteiger partial charge on any atom is 0.416 e. The lowest BCUT2D eigenvalue weighted by Crippen LogP contribution is -2.49. The van der Waals surface area contributed by atoms with Gasteiger partial charge in [0.25, 0.3) is 0 Å². The van der Waals surface area contributed by atoms with Gasteiger partial charge in [-0.2, -0.15) is 13.2 Å². The molecule has 0 unspecified atom stereocenters. The van der Waals surface area contributed by atoms with Crippen molar-refractivity contribution < 1.29 is 13.2 Å². The van der Waals surface area contributed by atoms with Crippen molar-refractivity contribution in [1.29, 1.82) is 0 Å². The maximum atomic E-state index is 13.2. The second-order valence-corrected chi connectivity index (χ2v) is 8.05. The van der Waals surface area contributed by atoms with Gasteiger partial charge in [0.05, 0.1) is 5.56 Å². The predicted molar refractivity (Wildman–Crippen MR) is 124 cm³/mol. The van der Waals surface area contributed by atoms with Gasteiger partial charge in [-0.05, 0) is 37.8 Å². The van der Waals surface area contributed by atoms with Crippen LogP contribution in [0.4, 0.5) is 13.2 Å². The molecule has 2 N–H and O–H groups in total. The summed E-state index contributed by atoms with van der Waals surface area (Å²) in [4.78, 5) is 4.64. The molecule has 0 atom stereocenters. The van der Waals surface area contributed by atoms with E-state index >= 15 is 0 Å². The Hall–Kier alpha value is -1.85. The van der Waals surface area contributed by atoms with Crippen LogP contribution in [0.2, 0.25) is 0 Å². The van der Waals surface area contributed by atoms with Crippen LogP contribution in [0.1, 0.15) is 55.4 Å². The molecule has 170 valence electrons. The van der Waals surface area contributed by atoms with Crippen molar-refractivity contribution in [2.75, 3.05) is 13.1 Å². The van der Waals surface area contributed by atoms with Gasteiger partial charge in [0.15, 0.2) is 11.8 Å². The van der Waals surface area contributed by atoms with Crippen molar-refractivity contribution in [1.82, 2.24) is 25.4 Å². The van der Waals surface area contributed by atoms with Crippen LogP contribution in [0.25, 0.3) is 0 Å². The minimum Gasteiger partial charge on any atom is -0.357 e. The first kappa shape index (κ1) is 23.8. The summed E-state index contributed by atoms with van der Waals surface area (Å²) in [6, 6.07) is 5.74. The zero-order valence-corrected chi connectivity index (χ0v) is 19.8. The fourth-order valence-electron chi connectivity index (χ4n) is 4.27. The third-order valence-electron chi connectivity index (χ3n) is 6.12. The van der Waals surface area contributed by atoms with E-state index in [0.717, 1.165) is 61.9 Å². The van der Waals surface area contributed by atoms with Crippen LogP contribution in [0.3, 0.4) is 0 Å². The molecule has 1 fully saturated rings. The Bertz CT molecular complexity index is 920. The van der Waals surface area contributed by atoms with Crippen LogP contribution >= 0.6 is 24.0 Å². The van der Waals surface area contributed by atoms with Crippen molar-refractivity contribution in [3.8, 4) is 0 Å². The third kappa shape index (κ3) is 5.15. The summed E-state index contributed by atoms with van der Waals surface area (Å²) in [6.45, 7) is 4.56. The maximum absolute atomic E-state index is 13.2. The lowest BCUT2D eigenvalue weighted by molar-refractivity contribution is -0.137. The first-order chi connectivity index (χ1) is 14.4. The van der Waals surface area contributed by atoms with Crippen LogP contribution in [-0.4, -0.2) is 33.8 Å². The molecule has 0 radical (unpaired) electrons. The van der Waals surface area contributed by atoms with Crippen molar-refractivity contribution in [2.24, 2.45) is 4.99 Å². The number of aryl methyl sites for hydroxylation is 1. The second-order valence-electron chi connectivity index (χ2n) is 8.05. The number of nitrogens with zero attached hydrogens (tertiary/aromatic N) is 4. The summed E-state index contributed by atoms with van der Waals surface area (Å²) >= 11 is 0. The zero-order valence-electron chi connectivity index (χ0n) is 17.5. The fraction of sp³-hybridized carbons (Fsp3) is 0.571. The molecule has 1 aliphatic carbocycles. The predicted octanol–water partition coefficient (Wildman–Crippen LogP) is 4.04. The van der Waals surface area contributed by atoms with E-state index in [0.29, 0.717) is 25.6 Å². The van der Waals surface area contributed by atoms with Crippen LogP contribution < -0.4 is 10.6 Å². The molecule has 6 nitrogen and oxygen atoms in total. The number of benzene rings is 1. The van der Waals surface area contributed by atoms with E-state index < -0.39 is 11.7 Å². The fourth-order valence-corrected chi connectivity index (χ4v) is 4.27. The zero-order chi connectivity index (χ0) is 21.2. The van der Waals surface area contributed by atoms with Gasteiger partial charge in [-0.3, -0.25) is 0 Å². The van der Waals surface area contributed by atoms with Gasteiger partial charge in [0.2, 0.25) is 0 Å². The van der Waals surface area contributed by atoms with E-state index in [4.69, 9.17) is 0 Å². The molecule has 0 amide bonds. The Labute approximate surface area is 197 Å². The van der Waals surface area contributed by atoms with Crippen LogP contribution in [-0.2, 0) is 31.1 Å². The Balaban J connectivity index is 0.00000272. The molecule has 31 heavy (non-hydrogen) atoms. The normalized spacial score (nSPS) is 17.5. The number of alkyl halides is 3. The molecular formula is C21H28F3IN6. The highest BCUT2D eigenvalue weighted by atomic mass is 127. The largest absolute Gasteiger partial charge is 0.416 e. The van der Waals surface area contributed by atoms with Gasteiger partial charge >= 0.3 is 6.18 Å². The Morgan fingerprint density at radius 3 is 2.68 bits per heavy atom.